The molecule has 0 spiro atoms. The lowest BCUT2D eigenvalue weighted by atomic mass is 10.1. The Kier molecular flexibility index (Phi) is 7.07. The number of aromatic hydroxyl groups is 1. The summed E-state index contributed by atoms with van der Waals surface area (Å²) in [5.74, 6) is -0.332. The molecule has 0 aliphatic carbocycles. The maximum Gasteiger partial charge on any atom is 0.275 e. The fourth-order valence-corrected chi connectivity index (χ4v) is 6.07. The van der Waals surface area contributed by atoms with Crippen LogP contribution in [0.2, 0.25) is 0 Å². The molecule has 0 saturated carbocycles. The number of benzene rings is 2. The number of hydrogen-bond donors (Lipinski definition) is 3. The number of aryl methyl sites for hydroxylation is 1. The summed E-state index contributed by atoms with van der Waals surface area (Å²) in [7, 11) is -3.57. The van der Waals surface area contributed by atoms with Gasteiger partial charge in [-0.2, -0.15) is 9.40 Å². The average molecular weight is 540 g/mol. The van der Waals surface area contributed by atoms with E-state index in [0.29, 0.717) is 48.4 Å². The van der Waals surface area contributed by atoms with Crippen molar-refractivity contribution in [1.29, 1.82) is 0 Å². The van der Waals surface area contributed by atoms with E-state index in [4.69, 9.17) is 4.74 Å². The van der Waals surface area contributed by atoms with Crippen molar-refractivity contribution in [2.24, 2.45) is 0 Å². The van der Waals surface area contributed by atoms with Gasteiger partial charge in [-0.15, -0.1) is 11.3 Å². The Balaban J connectivity index is 1.27. The lowest BCUT2D eigenvalue weighted by Gasteiger charge is -2.26. The van der Waals surface area contributed by atoms with E-state index in [1.54, 1.807) is 41.8 Å². The van der Waals surface area contributed by atoms with Crippen molar-refractivity contribution in [2.45, 2.75) is 18.2 Å². The van der Waals surface area contributed by atoms with Crippen LogP contribution in [0.5, 0.6) is 5.75 Å². The van der Waals surface area contributed by atoms with E-state index in [1.165, 1.54) is 15.6 Å². The summed E-state index contributed by atoms with van der Waals surface area (Å²) in [6, 6.07) is 13.4. The van der Waals surface area contributed by atoms with Crippen LogP contribution in [0.3, 0.4) is 0 Å². The first-order valence-electron chi connectivity index (χ1n) is 11.7. The number of phenolic OH excluding ortho intramolecular Hbond substituents is 1. The zero-order valence-electron chi connectivity index (χ0n) is 20.0. The van der Waals surface area contributed by atoms with Crippen LogP contribution < -0.4 is 5.32 Å². The molecule has 37 heavy (non-hydrogen) atoms. The normalized spacial score (nSPS) is 14.5. The zero-order chi connectivity index (χ0) is 26.0. The Bertz CT molecular complexity index is 1520. The number of nitrogens with zero attached hydrogens (tertiary/aromatic N) is 3. The first-order valence-corrected chi connectivity index (χ1v) is 14.0. The Labute approximate surface area is 218 Å². The fourth-order valence-electron chi connectivity index (χ4n) is 3.95. The van der Waals surface area contributed by atoms with Crippen LogP contribution in [0, 0.1) is 0 Å². The van der Waals surface area contributed by atoms with Crippen LogP contribution in [0.1, 0.15) is 23.0 Å². The first-order chi connectivity index (χ1) is 17.8. The van der Waals surface area contributed by atoms with E-state index in [-0.39, 0.29) is 16.3 Å². The van der Waals surface area contributed by atoms with Gasteiger partial charge in [-0.3, -0.25) is 15.2 Å². The molecule has 1 fully saturated rings. The number of anilines is 1. The van der Waals surface area contributed by atoms with Crippen molar-refractivity contribution in [3.05, 3.63) is 65.2 Å². The lowest BCUT2D eigenvalue weighted by molar-refractivity contribution is 0.0730. The quantitative estimate of drug-likeness (QED) is 0.325. The summed E-state index contributed by atoms with van der Waals surface area (Å²) >= 11 is 1.25. The molecule has 0 unspecified atom stereocenters. The maximum absolute atomic E-state index is 12.8. The van der Waals surface area contributed by atoms with Crippen LogP contribution in [-0.4, -0.2) is 65.2 Å². The van der Waals surface area contributed by atoms with Gasteiger partial charge in [0.25, 0.3) is 5.91 Å². The molecule has 1 saturated heterocycles. The summed E-state index contributed by atoms with van der Waals surface area (Å²) < 4.78 is 32.3. The minimum Gasteiger partial charge on any atom is -0.507 e. The van der Waals surface area contributed by atoms with Crippen LogP contribution >= 0.6 is 11.3 Å². The molecular weight excluding hydrogens is 514 g/mol. The molecule has 2 aromatic carbocycles. The summed E-state index contributed by atoms with van der Waals surface area (Å²) in [4.78, 5) is 17.4. The molecule has 3 N–H and O–H groups in total. The third kappa shape index (κ3) is 5.27. The Hall–Kier alpha value is -3.58. The third-order valence-electron chi connectivity index (χ3n) is 6.05. The van der Waals surface area contributed by atoms with Crippen molar-refractivity contribution in [2.75, 3.05) is 31.6 Å². The number of amides is 1. The number of ether oxygens (including phenoxy) is 1. The molecule has 10 nitrogen and oxygen atoms in total. The molecule has 0 bridgehead atoms. The van der Waals surface area contributed by atoms with Crippen molar-refractivity contribution in [1.82, 2.24) is 19.5 Å². The van der Waals surface area contributed by atoms with E-state index in [2.05, 4.69) is 20.5 Å². The van der Waals surface area contributed by atoms with Crippen LogP contribution in [-0.2, 0) is 21.2 Å². The third-order valence-corrected chi connectivity index (χ3v) is 8.72. The van der Waals surface area contributed by atoms with Gasteiger partial charge < -0.3 is 9.84 Å². The van der Waals surface area contributed by atoms with Crippen LogP contribution in [0.4, 0.5) is 5.13 Å². The molecule has 1 aliphatic heterocycles. The second kappa shape index (κ2) is 10.4. The highest BCUT2D eigenvalue weighted by atomic mass is 32.2. The molecule has 12 heteroatoms. The highest BCUT2D eigenvalue weighted by Gasteiger charge is 2.26. The first kappa shape index (κ1) is 25.1. The highest BCUT2D eigenvalue weighted by molar-refractivity contribution is 7.89. The standard InChI is InChI=1S/C25H25N5O5S2/c1-2-16-3-8-23(31)19(13-16)20-14-21(29-28-20)24(32)27-25-26-22(15-36-25)17-4-6-18(7-5-17)37(33,34)30-9-11-35-12-10-30/h3-8,13-15,31H,2,9-12H2,1H3,(H,28,29)(H,26,27,32). The van der Waals surface area contributed by atoms with Gasteiger partial charge in [-0.25, -0.2) is 13.4 Å². The number of sulfonamides is 1. The number of thiazole rings is 1. The number of H-pyrrole nitrogens is 1. The molecule has 4 aromatic rings. The Morgan fingerprint density at radius 3 is 2.62 bits per heavy atom. The summed E-state index contributed by atoms with van der Waals surface area (Å²) in [6.45, 7) is 3.47. The second-order valence-corrected chi connectivity index (χ2v) is 11.2. The number of phenols is 1. The summed E-state index contributed by atoms with van der Waals surface area (Å²) in [5, 5.41) is 22.0. The molecule has 192 valence electrons. The number of carbonyl (C=O) groups is 1. The van der Waals surface area contributed by atoms with Crippen molar-refractivity contribution >= 4 is 32.4 Å². The van der Waals surface area contributed by atoms with Crippen LogP contribution in [0.25, 0.3) is 22.5 Å². The number of nitrogens with one attached hydrogen (secondary N) is 2. The molecule has 3 heterocycles. The number of hydrogen-bond acceptors (Lipinski definition) is 8. The van der Waals surface area contributed by atoms with E-state index < -0.39 is 15.9 Å². The minimum absolute atomic E-state index is 0.0870. The fraction of sp³-hybridized carbons (Fsp3) is 0.240. The van der Waals surface area contributed by atoms with Crippen molar-refractivity contribution in [3.63, 3.8) is 0 Å². The lowest BCUT2D eigenvalue weighted by Crippen LogP contribution is -2.40. The molecule has 1 amide bonds. The number of rotatable bonds is 7. The largest absolute Gasteiger partial charge is 0.507 e. The maximum atomic E-state index is 12.8. The van der Waals surface area contributed by atoms with E-state index >= 15 is 0 Å². The molecule has 5 rings (SSSR count). The molecule has 0 radical (unpaired) electrons. The number of aromatic nitrogens is 3. The summed E-state index contributed by atoms with van der Waals surface area (Å²) in [6.07, 6.45) is 0.809. The molecule has 1 aliphatic rings. The number of aromatic amines is 1. The van der Waals surface area contributed by atoms with Gasteiger partial charge in [-0.1, -0.05) is 25.1 Å². The summed E-state index contributed by atoms with van der Waals surface area (Å²) in [5.41, 5.74) is 3.62. The van der Waals surface area contributed by atoms with Crippen molar-refractivity contribution in [3.8, 4) is 28.3 Å². The minimum atomic E-state index is -3.57. The highest BCUT2D eigenvalue weighted by Crippen LogP contribution is 2.30. The van der Waals surface area contributed by atoms with Gasteiger partial charge in [0.1, 0.15) is 11.4 Å². The molecule has 0 atom stereocenters. The van der Waals surface area contributed by atoms with Crippen molar-refractivity contribution < 1.29 is 23.1 Å². The van der Waals surface area contributed by atoms with Gasteiger partial charge in [0, 0.05) is 29.6 Å². The Morgan fingerprint density at radius 1 is 1.14 bits per heavy atom. The number of carbonyl (C=O) groups excluding carboxylic acids is 1. The topological polar surface area (TPSA) is 138 Å². The van der Waals surface area contributed by atoms with Gasteiger partial charge in [0.2, 0.25) is 10.0 Å². The van der Waals surface area contributed by atoms with Crippen LogP contribution in [0.15, 0.2) is 58.8 Å². The van der Waals surface area contributed by atoms with Gasteiger partial charge >= 0.3 is 0 Å². The monoisotopic (exact) mass is 539 g/mol. The number of morpholine rings is 1. The van der Waals surface area contributed by atoms with Gasteiger partial charge in [0.05, 0.1) is 29.5 Å². The Morgan fingerprint density at radius 2 is 1.89 bits per heavy atom. The average Bonchev–Trinajstić information content (AvgIpc) is 3.60. The van der Waals surface area contributed by atoms with E-state index in [9.17, 15) is 18.3 Å². The van der Waals surface area contributed by atoms with E-state index in [1.807, 2.05) is 19.1 Å². The predicted octanol–water partition coefficient (Wildman–Crippen LogP) is 3.74. The van der Waals surface area contributed by atoms with Gasteiger partial charge in [-0.05, 0) is 42.3 Å². The predicted molar refractivity (Wildman–Crippen MR) is 140 cm³/mol. The zero-order valence-corrected chi connectivity index (χ0v) is 21.6. The van der Waals surface area contributed by atoms with E-state index in [0.717, 1.165) is 17.5 Å². The molecular formula is C25H25N5O5S2. The smallest absolute Gasteiger partial charge is 0.275 e. The molecule has 2 aromatic heterocycles. The van der Waals surface area contributed by atoms with Gasteiger partial charge in [0.15, 0.2) is 5.13 Å². The second-order valence-electron chi connectivity index (χ2n) is 8.40. The SMILES string of the molecule is CCc1ccc(O)c(-c2cc(C(=O)Nc3nc(-c4ccc(S(=O)(=O)N5CCOCC5)cc4)cs3)[nH]n2)c1.